The molecule has 2 heterocycles. The van der Waals surface area contributed by atoms with Crippen LogP contribution < -0.4 is 5.32 Å². The maximum atomic E-state index is 12.6. The number of hydrogen-bond donors (Lipinski definition) is 1. The zero-order chi connectivity index (χ0) is 16.5. The number of para-hydroxylation sites is 1. The van der Waals surface area contributed by atoms with Crippen LogP contribution in [0.1, 0.15) is 22.2 Å². The van der Waals surface area contributed by atoms with Gasteiger partial charge in [0.25, 0.3) is 5.91 Å². The number of carbonyl (C=O) groups is 1. The number of thiophene rings is 1. The highest BCUT2D eigenvalue weighted by atomic mass is 32.1. The topological polar surface area (TPSA) is 50.7 Å². The van der Waals surface area contributed by atoms with E-state index in [9.17, 15) is 4.79 Å². The third-order valence-electron chi connectivity index (χ3n) is 3.85. The van der Waals surface area contributed by atoms with E-state index in [0.717, 1.165) is 15.6 Å². The molecule has 1 aromatic heterocycles. The van der Waals surface area contributed by atoms with Crippen LogP contribution in [0.25, 0.3) is 10.1 Å². The van der Waals surface area contributed by atoms with E-state index in [4.69, 9.17) is 4.74 Å². The lowest BCUT2D eigenvalue weighted by Crippen LogP contribution is -2.14. The molecule has 3 aromatic rings. The number of rotatable bonds is 3. The minimum atomic E-state index is -0.115. The summed E-state index contributed by atoms with van der Waals surface area (Å²) < 4.78 is 6.73. The number of nitrogens with one attached hydrogen (secondary N) is 1. The van der Waals surface area contributed by atoms with E-state index in [2.05, 4.69) is 10.3 Å². The van der Waals surface area contributed by atoms with Crippen LogP contribution in [0.4, 0.5) is 5.69 Å². The summed E-state index contributed by atoms with van der Waals surface area (Å²) in [5.41, 5.74) is 1.53. The highest BCUT2D eigenvalue weighted by Crippen LogP contribution is 2.27. The number of ether oxygens (including phenoxy) is 1. The number of fused-ring (bicyclic) bond motifs is 1. The van der Waals surface area contributed by atoms with Gasteiger partial charge in [-0.05, 0) is 36.6 Å². The molecule has 0 fully saturated rings. The number of anilines is 1. The van der Waals surface area contributed by atoms with Gasteiger partial charge in [-0.15, -0.1) is 11.3 Å². The Balaban J connectivity index is 1.63. The first-order valence-corrected chi connectivity index (χ1v) is 8.62. The van der Waals surface area contributed by atoms with Gasteiger partial charge in [0.15, 0.2) is 0 Å². The fourth-order valence-electron chi connectivity index (χ4n) is 2.68. The van der Waals surface area contributed by atoms with Crippen LogP contribution in [0.3, 0.4) is 0 Å². The first-order valence-electron chi connectivity index (χ1n) is 7.80. The van der Waals surface area contributed by atoms with E-state index in [1.54, 1.807) is 0 Å². The van der Waals surface area contributed by atoms with Gasteiger partial charge in [0.1, 0.15) is 6.61 Å². The summed E-state index contributed by atoms with van der Waals surface area (Å²) >= 11 is 1.49. The van der Waals surface area contributed by atoms with E-state index in [1.807, 2.05) is 61.5 Å². The lowest BCUT2D eigenvalue weighted by atomic mass is 10.1. The maximum Gasteiger partial charge on any atom is 0.265 e. The van der Waals surface area contributed by atoms with Gasteiger partial charge in [-0.2, -0.15) is 0 Å². The van der Waals surface area contributed by atoms with Crippen molar-refractivity contribution in [3.8, 4) is 0 Å². The van der Waals surface area contributed by atoms with Gasteiger partial charge in [0.05, 0.1) is 22.2 Å². The standard InChI is InChI=1S/C19H16N2O2S/c1-12-11-23-19(20-12)14-7-3-4-8-15(14)21-18(22)17-10-13-6-2-5-9-16(13)24-17/h2-10,12H,11H2,1H3,(H,21,22)/t12-/m0/s1. The van der Waals surface area contributed by atoms with Crippen LogP contribution in [0.5, 0.6) is 0 Å². The van der Waals surface area contributed by atoms with Crippen LogP contribution in [-0.2, 0) is 4.74 Å². The molecule has 2 aromatic carbocycles. The number of amides is 1. The second-order valence-corrected chi connectivity index (χ2v) is 6.83. The molecule has 1 atom stereocenters. The molecule has 1 N–H and O–H groups in total. The van der Waals surface area contributed by atoms with Gasteiger partial charge >= 0.3 is 0 Å². The second-order valence-electron chi connectivity index (χ2n) is 5.74. The van der Waals surface area contributed by atoms with Gasteiger partial charge in [-0.1, -0.05) is 30.3 Å². The third-order valence-corrected chi connectivity index (χ3v) is 4.97. The SMILES string of the molecule is C[C@H]1COC(c2ccccc2NC(=O)c2cc3ccccc3s2)=N1. The van der Waals surface area contributed by atoms with Gasteiger partial charge in [0.2, 0.25) is 5.90 Å². The largest absolute Gasteiger partial charge is 0.475 e. The number of nitrogens with zero attached hydrogens (tertiary/aromatic N) is 1. The molecular formula is C19H16N2O2S. The highest BCUT2D eigenvalue weighted by molar-refractivity contribution is 7.20. The van der Waals surface area contributed by atoms with Gasteiger partial charge < -0.3 is 10.1 Å². The average molecular weight is 336 g/mol. The summed E-state index contributed by atoms with van der Waals surface area (Å²) in [7, 11) is 0. The smallest absolute Gasteiger partial charge is 0.265 e. The van der Waals surface area contributed by atoms with Crippen LogP contribution in [0, 0.1) is 0 Å². The first-order chi connectivity index (χ1) is 11.7. The Kier molecular flexibility index (Phi) is 3.78. The van der Waals surface area contributed by atoms with Crippen molar-refractivity contribution in [1.82, 2.24) is 0 Å². The minimum Gasteiger partial charge on any atom is -0.475 e. The first kappa shape index (κ1) is 14.9. The Labute approximate surface area is 143 Å². The Morgan fingerprint density at radius 1 is 1.21 bits per heavy atom. The van der Waals surface area contributed by atoms with E-state index in [1.165, 1.54) is 11.3 Å². The van der Waals surface area contributed by atoms with E-state index >= 15 is 0 Å². The molecule has 0 bridgehead atoms. The Morgan fingerprint density at radius 2 is 2.00 bits per heavy atom. The molecule has 1 aliphatic rings. The van der Waals surface area contributed by atoms with Crippen LogP contribution >= 0.6 is 11.3 Å². The lowest BCUT2D eigenvalue weighted by molar-refractivity contribution is 0.103. The lowest BCUT2D eigenvalue weighted by Gasteiger charge is -2.10. The molecule has 1 aliphatic heterocycles. The number of hydrogen-bond acceptors (Lipinski definition) is 4. The van der Waals surface area contributed by atoms with Crippen LogP contribution in [0.2, 0.25) is 0 Å². The third kappa shape index (κ3) is 2.78. The molecule has 0 radical (unpaired) electrons. The van der Waals surface area contributed by atoms with Crippen molar-refractivity contribution in [2.45, 2.75) is 13.0 Å². The molecule has 0 spiro atoms. The predicted molar refractivity (Wildman–Crippen MR) is 98.2 cm³/mol. The van der Waals surface area contributed by atoms with Crippen molar-refractivity contribution >= 4 is 38.9 Å². The van der Waals surface area contributed by atoms with E-state index in [0.29, 0.717) is 23.1 Å². The number of carbonyl (C=O) groups excluding carboxylic acids is 1. The quantitative estimate of drug-likeness (QED) is 0.774. The van der Waals surface area contributed by atoms with E-state index in [-0.39, 0.29) is 11.9 Å². The highest BCUT2D eigenvalue weighted by Gasteiger charge is 2.20. The fourth-order valence-corrected chi connectivity index (χ4v) is 3.64. The fraction of sp³-hybridized carbons (Fsp3) is 0.158. The van der Waals surface area contributed by atoms with Gasteiger partial charge in [-0.3, -0.25) is 4.79 Å². The molecule has 24 heavy (non-hydrogen) atoms. The van der Waals surface area contributed by atoms with Crippen LogP contribution in [-0.4, -0.2) is 24.5 Å². The molecule has 120 valence electrons. The molecule has 0 aliphatic carbocycles. The molecule has 0 saturated carbocycles. The van der Waals surface area contributed by atoms with Crippen molar-refractivity contribution in [1.29, 1.82) is 0 Å². The monoisotopic (exact) mass is 336 g/mol. The number of aliphatic imine (C=N–C) groups is 1. The molecule has 4 rings (SSSR count). The molecule has 5 heteroatoms. The molecular weight excluding hydrogens is 320 g/mol. The van der Waals surface area contributed by atoms with Gasteiger partial charge in [0, 0.05) is 4.70 Å². The summed E-state index contributed by atoms with van der Waals surface area (Å²) in [6.45, 7) is 2.58. The minimum absolute atomic E-state index is 0.115. The summed E-state index contributed by atoms with van der Waals surface area (Å²) in [5, 5.41) is 4.07. The summed E-state index contributed by atoms with van der Waals surface area (Å²) in [6.07, 6.45) is 0. The Morgan fingerprint density at radius 3 is 2.79 bits per heavy atom. The van der Waals surface area contributed by atoms with Crippen LogP contribution in [0.15, 0.2) is 59.6 Å². The zero-order valence-electron chi connectivity index (χ0n) is 13.2. The van der Waals surface area contributed by atoms with Crippen molar-refractivity contribution < 1.29 is 9.53 Å². The Bertz CT molecular complexity index is 912. The van der Waals surface area contributed by atoms with Crippen molar-refractivity contribution in [2.24, 2.45) is 4.99 Å². The number of benzene rings is 2. The van der Waals surface area contributed by atoms with Crippen molar-refractivity contribution in [3.05, 3.63) is 65.0 Å². The predicted octanol–water partition coefficient (Wildman–Crippen LogP) is 4.32. The molecule has 4 nitrogen and oxygen atoms in total. The molecule has 0 unspecified atom stereocenters. The van der Waals surface area contributed by atoms with Gasteiger partial charge in [-0.25, -0.2) is 4.99 Å². The van der Waals surface area contributed by atoms with Crippen molar-refractivity contribution in [2.75, 3.05) is 11.9 Å². The zero-order valence-corrected chi connectivity index (χ0v) is 14.0. The maximum absolute atomic E-state index is 12.6. The van der Waals surface area contributed by atoms with E-state index < -0.39 is 0 Å². The normalized spacial score (nSPS) is 16.7. The summed E-state index contributed by atoms with van der Waals surface area (Å²) in [5.74, 6) is 0.477. The molecule has 0 saturated heterocycles. The van der Waals surface area contributed by atoms with Crippen molar-refractivity contribution in [3.63, 3.8) is 0 Å². The Hall–Kier alpha value is -2.66. The molecule has 1 amide bonds. The average Bonchev–Trinajstić information content (AvgIpc) is 3.21. The second kappa shape index (κ2) is 6.09. The summed E-state index contributed by atoms with van der Waals surface area (Å²) in [6, 6.07) is 17.6. The summed E-state index contributed by atoms with van der Waals surface area (Å²) in [4.78, 5) is 17.8.